The smallest absolute Gasteiger partial charge is 0.264 e. The lowest BCUT2D eigenvalue weighted by molar-refractivity contribution is 0.0921. The Morgan fingerprint density at radius 1 is 1.33 bits per heavy atom. The fourth-order valence-electron chi connectivity index (χ4n) is 1.65. The van der Waals surface area contributed by atoms with Crippen LogP contribution >= 0.6 is 11.3 Å². The molecule has 0 aliphatic carbocycles. The zero-order valence-electron chi connectivity index (χ0n) is 9.67. The van der Waals surface area contributed by atoms with Gasteiger partial charge in [0.15, 0.2) is 0 Å². The zero-order valence-corrected chi connectivity index (χ0v) is 10.5. The molecule has 0 bridgehead atoms. The van der Waals surface area contributed by atoms with Crippen molar-refractivity contribution in [2.75, 3.05) is 12.3 Å². The van der Waals surface area contributed by atoms with Gasteiger partial charge in [-0.3, -0.25) is 4.79 Å². The van der Waals surface area contributed by atoms with Gasteiger partial charge in [0.2, 0.25) is 0 Å². The molecule has 1 heterocycles. The Morgan fingerprint density at radius 3 is 2.61 bits per heavy atom. The Kier molecular flexibility index (Phi) is 3.96. The van der Waals surface area contributed by atoms with Crippen molar-refractivity contribution in [3.05, 3.63) is 52.2 Å². The molecule has 4 N–H and O–H groups in total. The first kappa shape index (κ1) is 12.6. The van der Waals surface area contributed by atoms with Crippen molar-refractivity contribution in [2.45, 2.75) is 6.04 Å². The number of aliphatic hydroxyl groups excluding tert-OH is 1. The average Bonchev–Trinajstić information content (AvgIpc) is 2.83. The van der Waals surface area contributed by atoms with Gasteiger partial charge in [-0.1, -0.05) is 30.3 Å². The Morgan fingerprint density at radius 2 is 2.06 bits per heavy atom. The summed E-state index contributed by atoms with van der Waals surface area (Å²) in [6.45, 7) is -0.152. The Labute approximate surface area is 109 Å². The number of benzene rings is 1. The normalized spacial score (nSPS) is 12.1. The molecule has 0 fully saturated rings. The molecule has 0 saturated carbocycles. The van der Waals surface area contributed by atoms with Gasteiger partial charge in [0.1, 0.15) is 4.88 Å². The van der Waals surface area contributed by atoms with Gasteiger partial charge in [-0.05, 0) is 17.0 Å². The van der Waals surface area contributed by atoms with E-state index in [1.165, 1.54) is 11.3 Å². The molecule has 2 aromatic rings. The van der Waals surface area contributed by atoms with E-state index in [2.05, 4.69) is 5.32 Å². The minimum atomic E-state index is -0.416. The predicted octanol–water partition coefficient (Wildman–Crippen LogP) is 1.79. The van der Waals surface area contributed by atoms with Gasteiger partial charge in [0.05, 0.1) is 18.3 Å². The lowest BCUT2D eigenvalue weighted by Gasteiger charge is -2.16. The van der Waals surface area contributed by atoms with E-state index in [0.29, 0.717) is 10.6 Å². The van der Waals surface area contributed by atoms with Crippen LogP contribution in [-0.4, -0.2) is 17.6 Å². The van der Waals surface area contributed by atoms with Gasteiger partial charge in [-0.15, -0.1) is 11.3 Å². The van der Waals surface area contributed by atoms with Crippen LogP contribution < -0.4 is 11.1 Å². The maximum atomic E-state index is 12.0. The quantitative estimate of drug-likeness (QED) is 0.786. The summed E-state index contributed by atoms with van der Waals surface area (Å²) in [5, 5.41) is 13.9. The molecule has 0 aliphatic heterocycles. The number of nitrogens with one attached hydrogen (secondary N) is 1. The molecular formula is C13H14N2O2S. The minimum Gasteiger partial charge on any atom is -0.397 e. The van der Waals surface area contributed by atoms with Crippen molar-refractivity contribution < 1.29 is 9.90 Å². The largest absolute Gasteiger partial charge is 0.397 e. The molecule has 0 spiro atoms. The number of nitrogens with two attached hydrogens (primary N) is 1. The third-order valence-electron chi connectivity index (χ3n) is 2.59. The van der Waals surface area contributed by atoms with Crippen molar-refractivity contribution in [2.24, 2.45) is 0 Å². The summed E-state index contributed by atoms with van der Waals surface area (Å²) in [6, 6.07) is 10.6. The fourth-order valence-corrected chi connectivity index (χ4v) is 2.37. The van der Waals surface area contributed by atoms with Crippen LogP contribution in [0.5, 0.6) is 0 Å². The minimum absolute atomic E-state index is 0.152. The maximum absolute atomic E-state index is 12.0. The molecule has 0 unspecified atom stereocenters. The van der Waals surface area contributed by atoms with E-state index < -0.39 is 6.04 Å². The fraction of sp³-hybridized carbons (Fsp3) is 0.154. The number of thiophene rings is 1. The molecule has 1 aromatic carbocycles. The standard InChI is InChI=1S/C13H14N2O2S/c14-10-6-7-18-12(10)13(17)15-11(8-16)9-4-2-1-3-5-9/h1-7,11,16H,8,14H2,(H,15,17)/t11-/m1/s1. The Balaban J connectivity index is 2.13. The van der Waals surface area contributed by atoms with Gasteiger partial charge >= 0.3 is 0 Å². The molecule has 5 heteroatoms. The highest BCUT2D eigenvalue weighted by molar-refractivity contribution is 7.12. The van der Waals surface area contributed by atoms with Crippen molar-refractivity contribution in [3.63, 3.8) is 0 Å². The van der Waals surface area contributed by atoms with Gasteiger partial charge < -0.3 is 16.2 Å². The van der Waals surface area contributed by atoms with Crippen molar-refractivity contribution in [3.8, 4) is 0 Å². The highest BCUT2D eigenvalue weighted by Crippen LogP contribution is 2.20. The number of nitrogen functional groups attached to an aromatic ring is 1. The highest BCUT2D eigenvalue weighted by atomic mass is 32.1. The number of carbonyl (C=O) groups excluding carboxylic acids is 1. The van der Waals surface area contributed by atoms with Crippen LogP contribution in [0.1, 0.15) is 21.3 Å². The number of carbonyl (C=O) groups is 1. The van der Waals surface area contributed by atoms with E-state index in [0.717, 1.165) is 5.56 Å². The Hall–Kier alpha value is -1.85. The van der Waals surface area contributed by atoms with E-state index in [9.17, 15) is 9.90 Å². The highest BCUT2D eigenvalue weighted by Gasteiger charge is 2.17. The second-order valence-electron chi connectivity index (χ2n) is 3.82. The van der Waals surface area contributed by atoms with Crippen LogP contribution in [0.3, 0.4) is 0 Å². The van der Waals surface area contributed by atoms with E-state index in [-0.39, 0.29) is 12.5 Å². The molecule has 18 heavy (non-hydrogen) atoms. The van der Waals surface area contributed by atoms with Gasteiger partial charge in [-0.2, -0.15) is 0 Å². The monoisotopic (exact) mass is 262 g/mol. The number of hydrogen-bond donors (Lipinski definition) is 3. The third-order valence-corrected chi connectivity index (χ3v) is 3.52. The number of anilines is 1. The van der Waals surface area contributed by atoms with Crippen molar-refractivity contribution in [1.82, 2.24) is 5.32 Å². The molecule has 0 saturated heterocycles. The molecule has 0 radical (unpaired) electrons. The predicted molar refractivity (Wildman–Crippen MR) is 72.5 cm³/mol. The summed E-state index contributed by atoms with van der Waals surface area (Å²) < 4.78 is 0. The van der Waals surface area contributed by atoms with Gasteiger partial charge in [0.25, 0.3) is 5.91 Å². The number of aliphatic hydroxyl groups is 1. The first-order chi connectivity index (χ1) is 8.72. The van der Waals surface area contributed by atoms with Gasteiger partial charge in [-0.25, -0.2) is 0 Å². The van der Waals surface area contributed by atoms with Crippen LogP contribution in [0.2, 0.25) is 0 Å². The number of rotatable bonds is 4. The maximum Gasteiger partial charge on any atom is 0.264 e. The summed E-state index contributed by atoms with van der Waals surface area (Å²) in [4.78, 5) is 12.5. The second-order valence-corrected chi connectivity index (χ2v) is 4.74. The van der Waals surface area contributed by atoms with E-state index >= 15 is 0 Å². The van der Waals surface area contributed by atoms with Crippen LogP contribution in [0, 0.1) is 0 Å². The van der Waals surface area contributed by atoms with Crippen LogP contribution in [0.4, 0.5) is 5.69 Å². The average molecular weight is 262 g/mol. The van der Waals surface area contributed by atoms with Crippen LogP contribution in [0.25, 0.3) is 0 Å². The summed E-state index contributed by atoms with van der Waals surface area (Å²) >= 11 is 1.29. The second kappa shape index (κ2) is 5.66. The third kappa shape index (κ3) is 2.69. The topological polar surface area (TPSA) is 75.4 Å². The lowest BCUT2D eigenvalue weighted by Crippen LogP contribution is -2.30. The summed E-state index contributed by atoms with van der Waals surface area (Å²) in [5.41, 5.74) is 7.01. The summed E-state index contributed by atoms with van der Waals surface area (Å²) in [7, 11) is 0. The Bertz CT molecular complexity index is 525. The number of hydrogen-bond acceptors (Lipinski definition) is 4. The molecule has 1 atom stereocenters. The van der Waals surface area contributed by atoms with E-state index in [4.69, 9.17) is 5.73 Å². The van der Waals surface area contributed by atoms with Crippen molar-refractivity contribution >= 4 is 22.9 Å². The molecule has 0 aliphatic rings. The first-order valence-corrected chi connectivity index (χ1v) is 6.40. The van der Waals surface area contributed by atoms with E-state index in [1.54, 1.807) is 11.4 Å². The lowest BCUT2D eigenvalue weighted by atomic mass is 10.1. The molecule has 94 valence electrons. The van der Waals surface area contributed by atoms with Crippen molar-refractivity contribution in [1.29, 1.82) is 0 Å². The molecule has 1 amide bonds. The molecular weight excluding hydrogens is 248 g/mol. The zero-order chi connectivity index (χ0) is 13.0. The summed E-state index contributed by atoms with van der Waals surface area (Å²) in [5.74, 6) is -0.259. The summed E-state index contributed by atoms with van der Waals surface area (Å²) in [6.07, 6.45) is 0. The van der Waals surface area contributed by atoms with Crippen LogP contribution in [0.15, 0.2) is 41.8 Å². The van der Waals surface area contributed by atoms with Gasteiger partial charge in [0, 0.05) is 0 Å². The molecule has 2 rings (SSSR count). The SMILES string of the molecule is Nc1ccsc1C(=O)N[C@H](CO)c1ccccc1. The molecule has 1 aromatic heterocycles. The molecule has 4 nitrogen and oxygen atoms in total. The van der Waals surface area contributed by atoms with E-state index in [1.807, 2.05) is 30.3 Å². The van der Waals surface area contributed by atoms with Crippen LogP contribution in [-0.2, 0) is 0 Å². The number of amides is 1. The first-order valence-electron chi connectivity index (χ1n) is 5.52.